The molecular formula is C20H25F8O4S-. The fraction of sp³-hybridized carbons (Fsp3) is 0.700. The lowest BCUT2D eigenvalue weighted by Crippen LogP contribution is -2.21. The molecule has 0 aliphatic heterocycles. The van der Waals surface area contributed by atoms with E-state index >= 15 is 0 Å². The van der Waals surface area contributed by atoms with Crippen LogP contribution < -0.4 is 9.99 Å². The number of benzene rings is 1. The van der Waals surface area contributed by atoms with Crippen LogP contribution in [0.3, 0.4) is 0 Å². The van der Waals surface area contributed by atoms with Crippen LogP contribution in [0.1, 0.15) is 82.3 Å². The molecule has 0 bridgehead atoms. The normalized spacial score (nSPS) is 12.4. The Bertz CT molecular complexity index is 684. The van der Waals surface area contributed by atoms with Gasteiger partial charge in [-0.05, 0) is 6.42 Å². The zero-order valence-corrected chi connectivity index (χ0v) is 18.7. The molecule has 0 radical (unpaired) electrons. The molecule has 0 saturated heterocycles. The highest BCUT2D eigenvalue weighted by molar-refractivity contribution is 7.94. The Kier molecular flexibility index (Phi) is 12.8. The Morgan fingerprint density at radius 2 is 1.15 bits per heavy atom. The van der Waals surface area contributed by atoms with Crippen molar-refractivity contribution in [2.24, 2.45) is 0 Å². The third-order valence-corrected chi connectivity index (χ3v) is 5.40. The maximum absolute atomic E-state index is 14.3. The molecule has 0 saturated carbocycles. The van der Waals surface area contributed by atoms with Crippen LogP contribution in [0.15, 0.2) is 4.90 Å². The molecule has 192 valence electrons. The van der Waals surface area contributed by atoms with E-state index in [4.69, 9.17) is 0 Å². The van der Waals surface area contributed by atoms with Crippen LogP contribution in [-0.4, -0.2) is 6.61 Å². The van der Waals surface area contributed by atoms with Crippen LogP contribution >= 0.6 is 12.0 Å². The molecule has 1 aromatic carbocycles. The van der Waals surface area contributed by atoms with Gasteiger partial charge < -0.3 is 9.99 Å². The predicted molar refractivity (Wildman–Crippen MR) is 102 cm³/mol. The number of rotatable bonds is 15. The molecule has 0 spiro atoms. The van der Waals surface area contributed by atoms with E-state index < -0.39 is 64.4 Å². The lowest BCUT2D eigenvalue weighted by Gasteiger charge is -2.22. The number of ether oxygens (including phenoxy) is 1. The van der Waals surface area contributed by atoms with Crippen molar-refractivity contribution < 1.29 is 54.5 Å². The quantitative estimate of drug-likeness (QED) is 0.0798. The van der Waals surface area contributed by atoms with Gasteiger partial charge in [0.1, 0.15) is 21.8 Å². The molecule has 1 aromatic rings. The van der Waals surface area contributed by atoms with Gasteiger partial charge >= 0.3 is 12.4 Å². The third-order valence-electron chi connectivity index (χ3n) is 4.75. The van der Waals surface area contributed by atoms with Crippen LogP contribution in [0.4, 0.5) is 35.1 Å². The van der Waals surface area contributed by atoms with Gasteiger partial charge in [-0.15, -0.1) is 0 Å². The minimum absolute atomic E-state index is 0.0945. The van der Waals surface area contributed by atoms with Gasteiger partial charge in [-0.3, -0.25) is 5.04 Å². The van der Waals surface area contributed by atoms with Crippen molar-refractivity contribution in [2.45, 2.75) is 88.4 Å². The smallest absolute Gasteiger partial charge is 0.422 e. The molecule has 33 heavy (non-hydrogen) atoms. The lowest BCUT2D eigenvalue weighted by atomic mass is 10.1. The number of unbranched alkanes of at least 4 members (excludes halogenated alkanes) is 9. The second-order valence-corrected chi connectivity index (χ2v) is 7.99. The highest BCUT2D eigenvalue weighted by atomic mass is 32.2. The first-order valence-corrected chi connectivity index (χ1v) is 11.2. The number of halogens is 8. The van der Waals surface area contributed by atoms with Crippen molar-refractivity contribution in [3.8, 4) is 5.75 Å². The number of hydrogen-bond acceptors (Lipinski definition) is 5. The van der Waals surface area contributed by atoms with E-state index in [9.17, 15) is 40.4 Å². The largest absolute Gasteiger partial charge is 0.691 e. The second kappa shape index (κ2) is 14.2. The van der Waals surface area contributed by atoms with Crippen LogP contribution in [-0.2, 0) is 21.7 Å². The Labute approximate surface area is 190 Å². The summed E-state index contributed by atoms with van der Waals surface area (Å²) in [6, 6.07) is 0. The molecule has 0 aromatic heterocycles. The second-order valence-electron chi connectivity index (χ2n) is 7.28. The first-order chi connectivity index (χ1) is 15.5. The summed E-state index contributed by atoms with van der Waals surface area (Å²) < 4.78 is 117. The predicted octanol–water partition coefficient (Wildman–Crippen LogP) is 7.53. The van der Waals surface area contributed by atoms with E-state index in [0.29, 0.717) is 12.8 Å². The number of alkyl halides is 6. The average molecular weight is 513 g/mol. The fourth-order valence-electron chi connectivity index (χ4n) is 3.18. The Morgan fingerprint density at radius 1 is 0.727 bits per heavy atom. The SMILES string of the molecule is CCCCCCCCCCCCOc1c(C(F)(F)F)c(F)c(SOO[O-])c(F)c1C(F)(F)F. The zero-order valence-electron chi connectivity index (χ0n) is 17.8. The van der Waals surface area contributed by atoms with Gasteiger partial charge in [-0.25, -0.2) is 8.78 Å². The maximum Gasteiger partial charge on any atom is 0.422 e. The molecular weight excluding hydrogens is 488 g/mol. The van der Waals surface area contributed by atoms with E-state index in [1.165, 1.54) is 0 Å². The summed E-state index contributed by atoms with van der Waals surface area (Å²) in [5, 5.41) is 12.6. The van der Waals surface area contributed by atoms with E-state index in [1.54, 1.807) is 0 Å². The van der Waals surface area contributed by atoms with Crippen molar-refractivity contribution in [2.75, 3.05) is 6.61 Å². The molecule has 0 aliphatic rings. The van der Waals surface area contributed by atoms with E-state index in [0.717, 1.165) is 44.9 Å². The van der Waals surface area contributed by atoms with Gasteiger partial charge in [-0.1, -0.05) is 64.7 Å². The van der Waals surface area contributed by atoms with Crippen molar-refractivity contribution >= 4 is 12.0 Å². The summed E-state index contributed by atoms with van der Waals surface area (Å²) in [6.45, 7) is 1.50. The van der Waals surface area contributed by atoms with Crippen molar-refractivity contribution in [3.05, 3.63) is 22.8 Å². The molecule has 0 amide bonds. The van der Waals surface area contributed by atoms with Crippen molar-refractivity contribution in [1.82, 2.24) is 0 Å². The summed E-state index contributed by atoms with van der Waals surface area (Å²) in [5.74, 6) is -6.81. The Hall–Kier alpha value is -1.31. The first-order valence-electron chi connectivity index (χ1n) is 10.4. The summed E-state index contributed by atoms with van der Waals surface area (Å²) in [7, 11) is 0. The van der Waals surface area contributed by atoms with E-state index in [2.05, 4.69) is 21.0 Å². The minimum atomic E-state index is -5.65. The van der Waals surface area contributed by atoms with Crippen LogP contribution in [0, 0.1) is 11.6 Å². The molecule has 4 nitrogen and oxygen atoms in total. The highest BCUT2D eigenvalue weighted by Gasteiger charge is 2.49. The molecule has 0 aliphatic carbocycles. The van der Waals surface area contributed by atoms with E-state index in [-0.39, 0.29) is 6.42 Å². The first kappa shape index (κ1) is 29.7. The Balaban J connectivity index is 2.92. The van der Waals surface area contributed by atoms with Crippen molar-refractivity contribution in [1.29, 1.82) is 0 Å². The molecule has 1 rings (SSSR count). The third kappa shape index (κ3) is 9.45. The number of hydrogen-bond donors (Lipinski definition) is 0. The van der Waals surface area contributed by atoms with Gasteiger partial charge in [0, 0.05) is 0 Å². The van der Waals surface area contributed by atoms with E-state index in [1.807, 2.05) is 0 Å². The van der Waals surface area contributed by atoms with Crippen LogP contribution in [0.25, 0.3) is 0 Å². The van der Waals surface area contributed by atoms with Crippen molar-refractivity contribution in [3.63, 3.8) is 0 Å². The average Bonchev–Trinajstić information content (AvgIpc) is 2.69. The van der Waals surface area contributed by atoms with Gasteiger partial charge in [0.25, 0.3) is 0 Å². The van der Waals surface area contributed by atoms with Gasteiger partial charge in [0.2, 0.25) is 0 Å². The van der Waals surface area contributed by atoms with Crippen LogP contribution in [0.2, 0.25) is 0 Å². The Morgan fingerprint density at radius 3 is 1.55 bits per heavy atom. The zero-order chi connectivity index (χ0) is 25.1. The standard InChI is InChI=1S/C20H26F8O4S/c1-2-3-4-5-6-7-8-9-10-11-12-30-17-13(19(23,24)25)15(21)18(33-32-31-29)16(22)14(17)20(26,27)28/h29H,2-12H2,1H3/p-1. The minimum Gasteiger partial charge on any atom is -0.691 e. The summed E-state index contributed by atoms with van der Waals surface area (Å²) >= 11 is -0.752. The van der Waals surface area contributed by atoms with Gasteiger partial charge in [-0.2, -0.15) is 30.7 Å². The fourth-order valence-corrected chi connectivity index (χ4v) is 3.63. The summed E-state index contributed by atoms with van der Waals surface area (Å²) in [4.78, 5) is -1.84. The molecule has 0 N–H and O–H groups in total. The molecule has 0 heterocycles. The molecule has 13 heteroatoms. The van der Waals surface area contributed by atoms with Gasteiger partial charge in [0.15, 0.2) is 11.6 Å². The highest BCUT2D eigenvalue weighted by Crippen LogP contribution is 2.50. The lowest BCUT2D eigenvalue weighted by molar-refractivity contribution is -0.777. The molecule has 0 fully saturated rings. The maximum atomic E-state index is 14.3. The molecule has 0 unspecified atom stereocenters. The monoisotopic (exact) mass is 513 g/mol. The van der Waals surface area contributed by atoms with Crippen LogP contribution in [0.5, 0.6) is 5.75 Å². The van der Waals surface area contributed by atoms with Gasteiger partial charge in [0.05, 0.1) is 18.6 Å². The molecule has 0 atom stereocenters. The summed E-state index contributed by atoms with van der Waals surface area (Å²) in [6.07, 6.45) is -2.65. The topological polar surface area (TPSA) is 50.8 Å². The summed E-state index contributed by atoms with van der Waals surface area (Å²) in [5.41, 5.74) is -4.89.